The Labute approximate surface area is 181 Å². The number of fused-ring (bicyclic) bond motifs is 1. The number of carbonyl (C=O) groups excluding carboxylic acids is 1. The van der Waals surface area contributed by atoms with Crippen molar-refractivity contribution in [1.82, 2.24) is 20.4 Å². The monoisotopic (exact) mass is 463 g/mol. The highest BCUT2D eigenvalue weighted by atomic mass is 79.9. The first-order chi connectivity index (χ1) is 14.7. The van der Waals surface area contributed by atoms with Gasteiger partial charge in [0.05, 0.1) is 6.21 Å². The molecule has 0 aliphatic rings. The van der Waals surface area contributed by atoms with Gasteiger partial charge in [0, 0.05) is 10.0 Å². The Balaban J connectivity index is 1.35. The molecule has 30 heavy (non-hydrogen) atoms. The predicted molar refractivity (Wildman–Crippen MR) is 118 cm³/mol. The molecule has 1 N–H and O–H groups in total. The molecule has 0 saturated heterocycles. The zero-order valence-corrected chi connectivity index (χ0v) is 17.5. The number of nitrogens with zero attached hydrogens (tertiary/aromatic N) is 4. The Bertz CT molecular complexity index is 1150. The number of rotatable bonds is 7. The lowest BCUT2D eigenvalue weighted by atomic mass is 10.2. The van der Waals surface area contributed by atoms with E-state index in [4.69, 9.17) is 4.74 Å². The fourth-order valence-electron chi connectivity index (χ4n) is 2.77. The molecule has 7 nitrogen and oxygen atoms in total. The molecule has 1 aromatic heterocycles. The number of halogens is 1. The van der Waals surface area contributed by atoms with E-state index in [2.05, 4.69) is 36.7 Å². The summed E-state index contributed by atoms with van der Waals surface area (Å²) in [6, 6.07) is 22.9. The summed E-state index contributed by atoms with van der Waals surface area (Å²) in [7, 11) is 0. The summed E-state index contributed by atoms with van der Waals surface area (Å²) in [5.74, 6) is 0.359. The number of para-hydroxylation sites is 1. The highest BCUT2D eigenvalue weighted by molar-refractivity contribution is 9.10. The Morgan fingerprint density at radius 1 is 1.00 bits per heavy atom. The van der Waals surface area contributed by atoms with E-state index in [1.807, 2.05) is 72.8 Å². The van der Waals surface area contributed by atoms with Gasteiger partial charge < -0.3 is 4.74 Å². The van der Waals surface area contributed by atoms with Gasteiger partial charge >= 0.3 is 0 Å². The number of amides is 1. The van der Waals surface area contributed by atoms with Crippen LogP contribution in [0.5, 0.6) is 5.75 Å². The summed E-state index contributed by atoms with van der Waals surface area (Å²) in [4.78, 5) is 13.5. The van der Waals surface area contributed by atoms with Crippen LogP contribution in [0.3, 0.4) is 0 Å². The van der Waals surface area contributed by atoms with E-state index in [-0.39, 0.29) is 12.5 Å². The fourth-order valence-corrected chi connectivity index (χ4v) is 3.04. The van der Waals surface area contributed by atoms with Gasteiger partial charge in [-0.1, -0.05) is 52.3 Å². The summed E-state index contributed by atoms with van der Waals surface area (Å²) >= 11 is 3.42. The number of carbonyl (C=O) groups is 1. The van der Waals surface area contributed by atoms with Crippen LogP contribution in [0.15, 0.2) is 82.4 Å². The van der Waals surface area contributed by atoms with E-state index in [0.29, 0.717) is 12.4 Å². The first-order valence-electron chi connectivity index (χ1n) is 9.25. The van der Waals surface area contributed by atoms with Crippen LogP contribution in [0.1, 0.15) is 11.1 Å². The van der Waals surface area contributed by atoms with Crippen LogP contribution >= 0.6 is 15.9 Å². The van der Waals surface area contributed by atoms with E-state index in [1.165, 1.54) is 4.80 Å². The van der Waals surface area contributed by atoms with Crippen molar-refractivity contribution < 1.29 is 9.53 Å². The van der Waals surface area contributed by atoms with E-state index in [0.717, 1.165) is 26.6 Å². The summed E-state index contributed by atoms with van der Waals surface area (Å²) in [5, 5.41) is 12.6. The van der Waals surface area contributed by atoms with Crippen LogP contribution in [-0.2, 0) is 17.9 Å². The molecule has 0 fully saturated rings. The average Bonchev–Trinajstić information content (AvgIpc) is 3.16. The maximum atomic E-state index is 12.1. The molecular formula is C22H18BrN5O2. The second kappa shape index (κ2) is 9.32. The van der Waals surface area contributed by atoms with Gasteiger partial charge in [-0.05, 0) is 42.0 Å². The molecule has 0 unspecified atom stereocenters. The highest BCUT2D eigenvalue weighted by Gasteiger charge is 2.07. The van der Waals surface area contributed by atoms with Gasteiger partial charge in [0.15, 0.2) is 0 Å². The van der Waals surface area contributed by atoms with Crippen LogP contribution in [0.2, 0.25) is 0 Å². The van der Waals surface area contributed by atoms with Crippen molar-refractivity contribution >= 4 is 39.1 Å². The normalized spacial score (nSPS) is 11.1. The molecule has 0 aliphatic heterocycles. The number of nitrogens with one attached hydrogen (secondary N) is 1. The predicted octanol–water partition coefficient (Wildman–Crippen LogP) is 3.92. The smallest absolute Gasteiger partial charge is 0.263 e. The molecule has 0 bridgehead atoms. The van der Waals surface area contributed by atoms with Gasteiger partial charge in [0.25, 0.3) is 5.91 Å². The summed E-state index contributed by atoms with van der Waals surface area (Å²) in [5.41, 5.74) is 5.80. The van der Waals surface area contributed by atoms with E-state index < -0.39 is 0 Å². The second-order valence-corrected chi connectivity index (χ2v) is 7.38. The van der Waals surface area contributed by atoms with E-state index in [1.54, 1.807) is 6.21 Å². The van der Waals surface area contributed by atoms with Gasteiger partial charge in [-0.25, -0.2) is 5.43 Å². The van der Waals surface area contributed by atoms with Gasteiger partial charge in [0.2, 0.25) is 0 Å². The van der Waals surface area contributed by atoms with Crippen molar-refractivity contribution in [2.75, 3.05) is 0 Å². The Kier molecular flexibility index (Phi) is 6.14. The molecule has 0 radical (unpaired) electrons. The zero-order chi connectivity index (χ0) is 20.8. The third kappa shape index (κ3) is 5.09. The van der Waals surface area contributed by atoms with Crippen LogP contribution < -0.4 is 10.2 Å². The average molecular weight is 464 g/mol. The zero-order valence-electron chi connectivity index (χ0n) is 15.9. The number of hydrogen-bond acceptors (Lipinski definition) is 5. The SMILES string of the molecule is O=C(Cn1nc2ccccc2n1)N/N=C/c1ccccc1OCc1ccc(Br)cc1. The largest absolute Gasteiger partial charge is 0.488 e. The summed E-state index contributed by atoms with van der Waals surface area (Å²) in [6.07, 6.45) is 1.56. The molecule has 8 heteroatoms. The van der Waals surface area contributed by atoms with Crippen LogP contribution in [0.25, 0.3) is 11.0 Å². The number of hydrogen-bond donors (Lipinski definition) is 1. The minimum absolute atomic E-state index is 0.0201. The van der Waals surface area contributed by atoms with Gasteiger partial charge in [-0.3, -0.25) is 4.79 Å². The van der Waals surface area contributed by atoms with Gasteiger partial charge in [-0.15, -0.1) is 0 Å². The Morgan fingerprint density at radius 3 is 2.40 bits per heavy atom. The quantitative estimate of drug-likeness (QED) is 0.332. The third-order valence-electron chi connectivity index (χ3n) is 4.23. The Hall–Kier alpha value is -3.52. The molecule has 3 aromatic carbocycles. The first-order valence-corrected chi connectivity index (χ1v) is 10.0. The molecule has 150 valence electrons. The molecule has 0 aliphatic carbocycles. The molecule has 0 saturated carbocycles. The number of aromatic nitrogens is 3. The van der Waals surface area contributed by atoms with Gasteiger partial charge in [0.1, 0.15) is 29.9 Å². The molecule has 0 atom stereocenters. The van der Waals surface area contributed by atoms with Crippen molar-refractivity contribution in [2.24, 2.45) is 5.10 Å². The van der Waals surface area contributed by atoms with Crippen molar-refractivity contribution in [2.45, 2.75) is 13.2 Å². The van der Waals surface area contributed by atoms with Crippen LogP contribution in [0.4, 0.5) is 0 Å². The molecule has 4 rings (SSSR count). The van der Waals surface area contributed by atoms with E-state index in [9.17, 15) is 4.79 Å². The van der Waals surface area contributed by atoms with Gasteiger partial charge in [-0.2, -0.15) is 20.1 Å². The summed E-state index contributed by atoms with van der Waals surface area (Å²) in [6.45, 7) is 0.413. The Morgan fingerprint density at radius 2 is 1.67 bits per heavy atom. The maximum Gasteiger partial charge on any atom is 0.263 e. The number of hydrazone groups is 1. The van der Waals surface area contributed by atoms with E-state index >= 15 is 0 Å². The molecule has 0 spiro atoms. The minimum Gasteiger partial charge on any atom is -0.488 e. The topological polar surface area (TPSA) is 81.4 Å². The lowest BCUT2D eigenvalue weighted by Crippen LogP contribution is -2.24. The van der Waals surface area contributed by atoms with Crippen molar-refractivity contribution in [3.63, 3.8) is 0 Å². The molecular weight excluding hydrogens is 446 g/mol. The number of benzene rings is 3. The first kappa shape index (κ1) is 19.8. The second-order valence-electron chi connectivity index (χ2n) is 6.47. The summed E-state index contributed by atoms with van der Waals surface area (Å²) < 4.78 is 6.93. The molecule has 4 aromatic rings. The standard InChI is InChI=1S/C22H18BrN5O2/c23-18-11-9-16(10-12-18)15-30-21-8-4-1-5-17(21)13-24-25-22(29)14-28-26-19-6-2-3-7-20(19)27-28/h1-13H,14-15H2,(H,25,29)/b24-13+. The molecule has 1 amide bonds. The van der Waals surface area contributed by atoms with Crippen molar-refractivity contribution in [3.8, 4) is 5.75 Å². The minimum atomic E-state index is -0.320. The fraction of sp³-hybridized carbons (Fsp3) is 0.0909. The van der Waals surface area contributed by atoms with Crippen LogP contribution in [0, 0.1) is 0 Å². The van der Waals surface area contributed by atoms with Crippen molar-refractivity contribution in [1.29, 1.82) is 0 Å². The lowest BCUT2D eigenvalue weighted by molar-refractivity contribution is -0.122. The molecule has 1 heterocycles. The van der Waals surface area contributed by atoms with Crippen LogP contribution in [-0.4, -0.2) is 27.1 Å². The number of ether oxygens (including phenoxy) is 1. The maximum absolute atomic E-state index is 12.1. The third-order valence-corrected chi connectivity index (χ3v) is 4.76. The lowest BCUT2D eigenvalue weighted by Gasteiger charge is -2.09. The van der Waals surface area contributed by atoms with Crippen molar-refractivity contribution in [3.05, 3.63) is 88.4 Å². The highest BCUT2D eigenvalue weighted by Crippen LogP contribution is 2.18.